The van der Waals surface area contributed by atoms with Crippen molar-refractivity contribution in [3.8, 4) is 0 Å². The number of rotatable bonds is 4. The van der Waals surface area contributed by atoms with Crippen LogP contribution in [0.2, 0.25) is 0 Å². The third kappa shape index (κ3) is 3.16. The zero-order valence-corrected chi connectivity index (χ0v) is 9.85. The Labute approximate surface area is 90.1 Å². The van der Waals surface area contributed by atoms with Gasteiger partial charge in [-0.2, -0.15) is 0 Å². The molecule has 4 nitrogen and oxygen atoms in total. The van der Waals surface area contributed by atoms with Crippen molar-refractivity contribution < 1.29 is 0 Å². The van der Waals surface area contributed by atoms with Gasteiger partial charge in [0.25, 0.3) is 5.56 Å². The molecule has 0 spiro atoms. The highest BCUT2D eigenvalue weighted by Crippen LogP contribution is 2.04. The maximum atomic E-state index is 11.7. The molecular formula is C11H19N3O. The highest BCUT2D eigenvalue weighted by atomic mass is 16.1. The van der Waals surface area contributed by atoms with Gasteiger partial charge in [0.15, 0.2) is 0 Å². The second kappa shape index (κ2) is 5.07. The predicted molar refractivity (Wildman–Crippen MR) is 60.9 cm³/mol. The van der Waals surface area contributed by atoms with Crippen LogP contribution in [0.4, 0.5) is 0 Å². The minimum atomic E-state index is -0.0208. The van der Waals surface area contributed by atoms with Gasteiger partial charge in [0, 0.05) is 18.7 Å². The molecule has 0 fully saturated rings. The average molecular weight is 209 g/mol. The van der Waals surface area contributed by atoms with Gasteiger partial charge in [-0.05, 0) is 19.9 Å². The summed E-state index contributed by atoms with van der Waals surface area (Å²) in [6.45, 7) is 6.66. The molecule has 0 saturated carbocycles. The molecule has 0 aromatic carbocycles. The van der Waals surface area contributed by atoms with E-state index in [0.717, 1.165) is 23.5 Å². The van der Waals surface area contributed by atoms with Gasteiger partial charge in [-0.3, -0.25) is 4.79 Å². The molecule has 1 aromatic heterocycles. The third-order valence-electron chi connectivity index (χ3n) is 2.23. The number of hydrogen-bond donors (Lipinski definition) is 2. The van der Waals surface area contributed by atoms with Gasteiger partial charge >= 0.3 is 0 Å². The highest BCUT2D eigenvalue weighted by Gasteiger charge is 2.07. The second-order valence-corrected chi connectivity index (χ2v) is 4.20. The molecule has 0 radical (unpaired) electrons. The fraction of sp³-hybridized carbons (Fsp3) is 0.636. The summed E-state index contributed by atoms with van der Waals surface area (Å²) >= 11 is 0. The molecule has 4 heteroatoms. The Balaban J connectivity index is 3.03. The van der Waals surface area contributed by atoms with E-state index in [0.29, 0.717) is 12.5 Å². The van der Waals surface area contributed by atoms with Crippen LogP contribution in [0.15, 0.2) is 4.79 Å². The molecule has 84 valence electrons. The molecule has 2 N–H and O–H groups in total. The number of aryl methyl sites for hydroxylation is 1. The minimum Gasteiger partial charge on any atom is -0.315 e. The summed E-state index contributed by atoms with van der Waals surface area (Å²) in [5, 5.41) is 2.97. The van der Waals surface area contributed by atoms with E-state index >= 15 is 0 Å². The van der Waals surface area contributed by atoms with Crippen LogP contribution in [-0.2, 0) is 13.0 Å². The Morgan fingerprint density at radius 3 is 2.60 bits per heavy atom. The highest BCUT2D eigenvalue weighted by molar-refractivity contribution is 5.16. The Bertz CT molecular complexity index is 382. The summed E-state index contributed by atoms with van der Waals surface area (Å²) in [5.74, 6) is 1.29. The number of aromatic nitrogens is 2. The number of aromatic amines is 1. The molecule has 0 saturated heterocycles. The lowest BCUT2D eigenvalue weighted by atomic mass is 10.1. The molecule has 0 aliphatic heterocycles. The first-order valence-electron chi connectivity index (χ1n) is 5.27. The van der Waals surface area contributed by atoms with Crippen LogP contribution >= 0.6 is 0 Å². The number of nitrogens with one attached hydrogen (secondary N) is 2. The van der Waals surface area contributed by atoms with E-state index in [9.17, 15) is 4.79 Å². The Hall–Kier alpha value is -1.16. The van der Waals surface area contributed by atoms with Crippen molar-refractivity contribution in [2.45, 2.75) is 33.7 Å². The maximum absolute atomic E-state index is 11.7. The summed E-state index contributed by atoms with van der Waals surface area (Å²) in [7, 11) is 1.82. The van der Waals surface area contributed by atoms with Crippen molar-refractivity contribution >= 4 is 0 Å². The van der Waals surface area contributed by atoms with Crippen molar-refractivity contribution in [2.24, 2.45) is 5.92 Å². The average Bonchev–Trinajstić information content (AvgIpc) is 2.10. The zero-order chi connectivity index (χ0) is 11.4. The fourth-order valence-corrected chi connectivity index (χ4v) is 1.54. The van der Waals surface area contributed by atoms with Gasteiger partial charge < -0.3 is 10.3 Å². The van der Waals surface area contributed by atoms with E-state index in [1.54, 1.807) is 0 Å². The summed E-state index contributed by atoms with van der Waals surface area (Å²) in [5.41, 5.74) is 1.53. The Morgan fingerprint density at radius 1 is 1.47 bits per heavy atom. The lowest BCUT2D eigenvalue weighted by molar-refractivity contribution is 0.613. The van der Waals surface area contributed by atoms with Gasteiger partial charge in [0.05, 0.1) is 5.56 Å². The second-order valence-electron chi connectivity index (χ2n) is 4.20. The van der Waals surface area contributed by atoms with E-state index in [-0.39, 0.29) is 5.56 Å². The van der Waals surface area contributed by atoms with Crippen LogP contribution in [0, 0.1) is 12.8 Å². The van der Waals surface area contributed by atoms with Gasteiger partial charge in [0.2, 0.25) is 0 Å². The number of hydrogen-bond acceptors (Lipinski definition) is 3. The van der Waals surface area contributed by atoms with Gasteiger partial charge in [-0.15, -0.1) is 0 Å². The minimum absolute atomic E-state index is 0.0208. The maximum Gasteiger partial charge on any atom is 0.255 e. The molecular weight excluding hydrogens is 190 g/mol. The lowest BCUT2D eigenvalue weighted by Crippen LogP contribution is -2.23. The first kappa shape index (κ1) is 11.9. The number of H-pyrrole nitrogens is 1. The summed E-state index contributed by atoms with van der Waals surface area (Å²) < 4.78 is 0. The van der Waals surface area contributed by atoms with Crippen molar-refractivity contribution in [3.05, 3.63) is 27.4 Å². The van der Waals surface area contributed by atoms with Gasteiger partial charge in [-0.1, -0.05) is 13.8 Å². The SMILES string of the molecule is CNCc1c(C)nc(CC(C)C)[nH]c1=O. The van der Waals surface area contributed by atoms with E-state index in [1.165, 1.54) is 0 Å². The standard InChI is InChI=1S/C11H19N3O/c1-7(2)5-10-13-8(3)9(6-12-4)11(15)14-10/h7,12H,5-6H2,1-4H3,(H,13,14,15). The first-order chi connectivity index (χ1) is 7.04. The molecule has 1 rings (SSSR count). The monoisotopic (exact) mass is 209 g/mol. The molecule has 0 bridgehead atoms. The van der Waals surface area contributed by atoms with Crippen LogP contribution in [0.5, 0.6) is 0 Å². The summed E-state index contributed by atoms with van der Waals surface area (Å²) in [6.07, 6.45) is 0.815. The first-order valence-corrected chi connectivity index (χ1v) is 5.27. The lowest BCUT2D eigenvalue weighted by Gasteiger charge is -2.08. The number of nitrogens with zero attached hydrogens (tertiary/aromatic N) is 1. The molecule has 0 amide bonds. The Kier molecular flexibility index (Phi) is 4.03. The van der Waals surface area contributed by atoms with Crippen LogP contribution in [0.25, 0.3) is 0 Å². The van der Waals surface area contributed by atoms with Crippen LogP contribution in [0.3, 0.4) is 0 Å². The molecule has 0 aliphatic rings. The summed E-state index contributed by atoms with van der Waals surface area (Å²) in [6, 6.07) is 0. The van der Waals surface area contributed by atoms with Crippen molar-refractivity contribution in [1.82, 2.24) is 15.3 Å². The Morgan fingerprint density at radius 2 is 2.13 bits per heavy atom. The molecule has 0 aliphatic carbocycles. The fourth-order valence-electron chi connectivity index (χ4n) is 1.54. The van der Waals surface area contributed by atoms with E-state index in [4.69, 9.17) is 0 Å². The van der Waals surface area contributed by atoms with E-state index in [1.807, 2.05) is 14.0 Å². The van der Waals surface area contributed by atoms with Crippen LogP contribution in [-0.4, -0.2) is 17.0 Å². The van der Waals surface area contributed by atoms with Crippen LogP contribution in [0.1, 0.15) is 30.9 Å². The predicted octanol–water partition coefficient (Wildman–Crippen LogP) is 0.996. The van der Waals surface area contributed by atoms with Crippen molar-refractivity contribution in [3.63, 3.8) is 0 Å². The smallest absolute Gasteiger partial charge is 0.255 e. The molecule has 0 atom stereocenters. The normalized spacial score (nSPS) is 11.0. The molecule has 1 aromatic rings. The van der Waals surface area contributed by atoms with Gasteiger partial charge in [-0.25, -0.2) is 4.98 Å². The largest absolute Gasteiger partial charge is 0.315 e. The van der Waals surface area contributed by atoms with E-state index in [2.05, 4.69) is 29.1 Å². The third-order valence-corrected chi connectivity index (χ3v) is 2.23. The molecule has 15 heavy (non-hydrogen) atoms. The molecule has 0 unspecified atom stereocenters. The van der Waals surface area contributed by atoms with Crippen molar-refractivity contribution in [2.75, 3.05) is 7.05 Å². The topological polar surface area (TPSA) is 57.8 Å². The quantitative estimate of drug-likeness (QED) is 0.777. The van der Waals surface area contributed by atoms with E-state index < -0.39 is 0 Å². The zero-order valence-electron chi connectivity index (χ0n) is 9.85. The van der Waals surface area contributed by atoms with Gasteiger partial charge in [0.1, 0.15) is 5.82 Å². The van der Waals surface area contributed by atoms with Crippen LogP contribution < -0.4 is 10.9 Å². The van der Waals surface area contributed by atoms with Crippen molar-refractivity contribution in [1.29, 1.82) is 0 Å². The summed E-state index contributed by atoms with van der Waals surface area (Å²) in [4.78, 5) is 18.9. The molecule has 1 heterocycles.